The van der Waals surface area contributed by atoms with E-state index in [4.69, 9.17) is 16.7 Å². The molecule has 0 aliphatic carbocycles. The number of aliphatic carboxylic acids is 1. The molecule has 1 atom stereocenters. The van der Waals surface area contributed by atoms with Crippen LogP contribution in [0, 0.1) is 5.92 Å². The van der Waals surface area contributed by atoms with E-state index in [0.29, 0.717) is 0 Å². The molecule has 0 aromatic heterocycles. The van der Waals surface area contributed by atoms with Gasteiger partial charge in [-0.2, -0.15) is 4.72 Å². The van der Waals surface area contributed by atoms with E-state index in [1.165, 1.54) is 18.2 Å². The molecule has 1 rings (SSSR count). The third-order valence-corrected chi connectivity index (χ3v) is 4.28. The second-order valence-electron chi connectivity index (χ2n) is 4.11. The van der Waals surface area contributed by atoms with Gasteiger partial charge in [-0.05, 0) is 18.1 Å². The lowest BCUT2D eigenvalue weighted by atomic mass is 10.1. The Labute approximate surface area is 111 Å². The number of hydrogen-bond donors (Lipinski definition) is 2. The van der Waals surface area contributed by atoms with Crippen LogP contribution in [0.25, 0.3) is 0 Å². The molecule has 7 heteroatoms. The van der Waals surface area contributed by atoms with Gasteiger partial charge in [-0.15, -0.1) is 0 Å². The lowest BCUT2D eigenvalue weighted by Gasteiger charge is -2.18. The van der Waals surface area contributed by atoms with Crippen molar-refractivity contribution in [2.24, 2.45) is 5.92 Å². The molecule has 0 unspecified atom stereocenters. The quantitative estimate of drug-likeness (QED) is 0.865. The van der Waals surface area contributed by atoms with Crippen LogP contribution in [0.4, 0.5) is 0 Å². The van der Waals surface area contributed by atoms with Crippen molar-refractivity contribution < 1.29 is 18.3 Å². The molecule has 0 saturated carbocycles. The van der Waals surface area contributed by atoms with Gasteiger partial charge in [0.1, 0.15) is 10.9 Å². The van der Waals surface area contributed by atoms with E-state index in [-0.39, 0.29) is 15.8 Å². The van der Waals surface area contributed by atoms with Crippen LogP contribution in [0.15, 0.2) is 29.2 Å². The highest BCUT2D eigenvalue weighted by molar-refractivity contribution is 7.89. The topological polar surface area (TPSA) is 83.5 Å². The highest BCUT2D eigenvalue weighted by Gasteiger charge is 2.28. The van der Waals surface area contributed by atoms with Crippen molar-refractivity contribution in [2.75, 3.05) is 0 Å². The summed E-state index contributed by atoms with van der Waals surface area (Å²) in [5.74, 6) is -1.60. The van der Waals surface area contributed by atoms with Gasteiger partial charge in [-0.1, -0.05) is 37.6 Å². The van der Waals surface area contributed by atoms with Crippen molar-refractivity contribution in [1.82, 2.24) is 4.72 Å². The van der Waals surface area contributed by atoms with Crippen LogP contribution >= 0.6 is 11.6 Å². The molecular weight excluding hydrogens is 278 g/mol. The molecule has 0 saturated heterocycles. The summed E-state index contributed by atoms with van der Waals surface area (Å²) in [5.41, 5.74) is 0. The number of carbonyl (C=O) groups is 1. The van der Waals surface area contributed by atoms with Crippen LogP contribution < -0.4 is 4.72 Å². The maximum absolute atomic E-state index is 12.0. The van der Waals surface area contributed by atoms with E-state index in [1.807, 2.05) is 0 Å². The lowest BCUT2D eigenvalue weighted by molar-refractivity contribution is -0.140. The minimum Gasteiger partial charge on any atom is -0.480 e. The average molecular weight is 292 g/mol. The third kappa shape index (κ3) is 3.44. The van der Waals surface area contributed by atoms with Crippen molar-refractivity contribution in [1.29, 1.82) is 0 Å². The van der Waals surface area contributed by atoms with Gasteiger partial charge in [0, 0.05) is 0 Å². The number of carboxylic acids is 1. The monoisotopic (exact) mass is 291 g/mol. The first-order valence-corrected chi connectivity index (χ1v) is 7.11. The SMILES string of the molecule is CC(C)[C@@H](NS(=O)(=O)c1ccccc1Cl)C(=O)O. The molecule has 1 aromatic rings. The van der Waals surface area contributed by atoms with Crippen LogP contribution in [-0.4, -0.2) is 25.5 Å². The smallest absolute Gasteiger partial charge is 0.322 e. The predicted octanol–water partition coefficient (Wildman–Crippen LogP) is 1.73. The molecule has 0 aliphatic rings. The van der Waals surface area contributed by atoms with E-state index >= 15 is 0 Å². The predicted molar refractivity (Wildman–Crippen MR) is 68.0 cm³/mol. The minimum atomic E-state index is -3.94. The van der Waals surface area contributed by atoms with Crippen LogP contribution in [0.5, 0.6) is 0 Å². The summed E-state index contributed by atoms with van der Waals surface area (Å²) in [4.78, 5) is 10.8. The molecule has 1 aromatic carbocycles. The fourth-order valence-electron chi connectivity index (χ4n) is 1.36. The first-order chi connectivity index (χ1) is 8.25. The Kier molecular flexibility index (Phi) is 4.72. The number of nitrogens with one attached hydrogen (secondary N) is 1. The van der Waals surface area contributed by atoms with Crippen LogP contribution in [-0.2, 0) is 14.8 Å². The summed E-state index contributed by atoms with van der Waals surface area (Å²) >= 11 is 5.78. The molecule has 0 heterocycles. The number of carboxylic acid groups (broad SMARTS) is 1. The summed E-state index contributed by atoms with van der Waals surface area (Å²) in [5, 5.41) is 9.02. The third-order valence-electron chi connectivity index (χ3n) is 2.34. The molecule has 0 bridgehead atoms. The highest BCUT2D eigenvalue weighted by atomic mass is 35.5. The molecular formula is C11H14ClNO4S. The van der Waals surface area contributed by atoms with Gasteiger partial charge < -0.3 is 5.11 Å². The van der Waals surface area contributed by atoms with E-state index in [1.54, 1.807) is 19.9 Å². The van der Waals surface area contributed by atoms with Gasteiger partial charge in [0.2, 0.25) is 10.0 Å². The number of halogens is 1. The zero-order valence-electron chi connectivity index (χ0n) is 9.92. The fourth-order valence-corrected chi connectivity index (χ4v) is 3.22. The zero-order chi connectivity index (χ0) is 13.9. The van der Waals surface area contributed by atoms with Crippen LogP contribution in [0.1, 0.15) is 13.8 Å². The molecule has 0 aliphatic heterocycles. The average Bonchev–Trinajstić information content (AvgIpc) is 2.25. The molecule has 0 amide bonds. The molecule has 5 nitrogen and oxygen atoms in total. The minimum absolute atomic E-state index is 0.0536. The van der Waals surface area contributed by atoms with Gasteiger partial charge >= 0.3 is 5.97 Å². The Morgan fingerprint density at radius 1 is 1.33 bits per heavy atom. The van der Waals surface area contributed by atoms with Crippen molar-refractivity contribution in [2.45, 2.75) is 24.8 Å². The molecule has 0 spiro atoms. The fraction of sp³-hybridized carbons (Fsp3) is 0.364. The van der Waals surface area contributed by atoms with E-state index in [0.717, 1.165) is 0 Å². The molecule has 18 heavy (non-hydrogen) atoms. The maximum Gasteiger partial charge on any atom is 0.322 e. The summed E-state index contributed by atoms with van der Waals surface area (Å²) in [7, 11) is -3.94. The summed E-state index contributed by atoms with van der Waals surface area (Å²) in [6.45, 7) is 3.24. The van der Waals surface area contributed by atoms with Crippen molar-refractivity contribution in [3.63, 3.8) is 0 Å². The lowest BCUT2D eigenvalue weighted by Crippen LogP contribution is -2.44. The largest absolute Gasteiger partial charge is 0.480 e. The van der Waals surface area contributed by atoms with E-state index in [2.05, 4.69) is 4.72 Å². The maximum atomic E-state index is 12.0. The molecule has 0 fully saturated rings. The Morgan fingerprint density at radius 2 is 1.89 bits per heavy atom. The van der Waals surface area contributed by atoms with Crippen LogP contribution in [0.2, 0.25) is 5.02 Å². The first-order valence-electron chi connectivity index (χ1n) is 5.25. The van der Waals surface area contributed by atoms with Crippen LogP contribution in [0.3, 0.4) is 0 Å². The van der Waals surface area contributed by atoms with E-state index in [9.17, 15) is 13.2 Å². The van der Waals surface area contributed by atoms with E-state index < -0.39 is 22.0 Å². The van der Waals surface area contributed by atoms with Crippen molar-refractivity contribution in [3.8, 4) is 0 Å². The summed E-state index contributed by atoms with van der Waals surface area (Å²) in [6, 6.07) is 4.68. The van der Waals surface area contributed by atoms with Gasteiger partial charge in [0.25, 0.3) is 0 Å². The van der Waals surface area contributed by atoms with Crippen molar-refractivity contribution >= 4 is 27.6 Å². The second-order valence-corrected chi connectivity index (χ2v) is 6.20. The molecule has 100 valence electrons. The second kappa shape index (κ2) is 5.69. The normalized spacial score (nSPS) is 13.6. The van der Waals surface area contributed by atoms with Crippen molar-refractivity contribution in [3.05, 3.63) is 29.3 Å². The number of sulfonamides is 1. The molecule has 0 radical (unpaired) electrons. The Morgan fingerprint density at radius 3 is 2.33 bits per heavy atom. The van der Waals surface area contributed by atoms with Gasteiger partial charge in [0.05, 0.1) is 5.02 Å². The Bertz CT molecular complexity index is 542. The van der Waals surface area contributed by atoms with Gasteiger partial charge in [-0.3, -0.25) is 4.79 Å². The van der Waals surface area contributed by atoms with Gasteiger partial charge in [-0.25, -0.2) is 8.42 Å². The first kappa shape index (κ1) is 14.9. The standard InChI is InChI=1S/C11H14ClNO4S/c1-7(2)10(11(14)15)13-18(16,17)9-6-4-3-5-8(9)12/h3-7,10,13H,1-2H3,(H,14,15)/t10-/m1/s1. The summed E-state index contributed by atoms with van der Waals surface area (Å²) in [6.07, 6.45) is 0. The number of benzene rings is 1. The highest BCUT2D eigenvalue weighted by Crippen LogP contribution is 2.21. The zero-order valence-corrected chi connectivity index (χ0v) is 11.5. The molecule has 2 N–H and O–H groups in total. The number of rotatable bonds is 5. The summed E-state index contributed by atoms with van der Waals surface area (Å²) < 4.78 is 26.2. The number of hydrogen-bond acceptors (Lipinski definition) is 3. The van der Waals surface area contributed by atoms with Gasteiger partial charge in [0.15, 0.2) is 0 Å². The Balaban J connectivity index is 3.09. The Hall–Kier alpha value is -1.11.